The van der Waals surface area contributed by atoms with Crippen molar-refractivity contribution in [3.8, 4) is 28.5 Å². The van der Waals surface area contributed by atoms with E-state index in [0.29, 0.717) is 11.5 Å². The standard InChI is InChI=1S/C37H29N2O/c1-22(2)24-17-18-39(4)33(20-24)34-23(3)13-15-30-31-16-14-26(21-38)35(37(31)40-36(30)34)32-19-25-9-5-6-10-27(25)28-11-7-8-12-29(28)32/h5-20,22H,1-4H3/q+1. The van der Waals surface area contributed by atoms with E-state index in [-0.39, 0.29) is 0 Å². The van der Waals surface area contributed by atoms with Gasteiger partial charge in [0.15, 0.2) is 6.20 Å². The number of aryl methyl sites for hydroxylation is 2. The quantitative estimate of drug-likeness (QED) is 0.173. The first-order valence-corrected chi connectivity index (χ1v) is 13.8. The second-order valence-electron chi connectivity index (χ2n) is 11.0. The molecular weight excluding hydrogens is 488 g/mol. The summed E-state index contributed by atoms with van der Waals surface area (Å²) in [6.45, 7) is 6.58. The molecule has 0 aliphatic rings. The number of fused-ring (bicyclic) bond motifs is 6. The van der Waals surface area contributed by atoms with Gasteiger partial charge in [-0.1, -0.05) is 74.5 Å². The largest absolute Gasteiger partial charge is 0.454 e. The van der Waals surface area contributed by atoms with E-state index in [4.69, 9.17) is 4.42 Å². The zero-order valence-electron chi connectivity index (χ0n) is 23.1. The van der Waals surface area contributed by atoms with Gasteiger partial charge in [0.1, 0.15) is 18.2 Å². The minimum Gasteiger partial charge on any atom is -0.454 e. The first kappa shape index (κ1) is 24.1. The molecule has 0 saturated heterocycles. The molecule has 0 fully saturated rings. The molecule has 0 spiro atoms. The van der Waals surface area contributed by atoms with E-state index in [0.717, 1.165) is 60.7 Å². The Kier molecular flexibility index (Phi) is 5.47. The fourth-order valence-electron chi connectivity index (χ4n) is 6.14. The van der Waals surface area contributed by atoms with Crippen LogP contribution in [0.5, 0.6) is 0 Å². The summed E-state index contributed by atoms with van der Waals surface area (Å²) in [5.41, 5.74) is 8.73. The first-order chi connectivity index (χ1) is 19.5. The highest BCUT2D eigenvalue weighted by Gasteiger charge is 2.24. The van der Waals surface area contributed by atoms with Crippen LogP contribution in [-0.2, 0) is 7.05 Å². The fourth-order valence-corrected chi connectivity index (χ4v) is 6.14. The monoisotopic (exact) mass is 517 g/mol. The molecule has 0 bridgehead atoms. The molecule has 3 heteroatoms. The van der Waals surface area contributed by atoms with Crippen LogP contribution in [0.4, 0.5) is 0 Å². The van der Waals surface area contributed by atoms with Crippen LogP contribution in [-0.4, -0.2) is 0 Å². The smallest absolute Gasteiger partial charge is 0.216 e. The van der Waals surface area contributed by atoms with Crippen molar-refractivity contribution in [3.63, 3.8) is 0 Å². The number of rotatable bonds is 3. The number of aromatic nitrogens is 1. The van der Waals surface area contributed by atoms with Crippen molar-refractivity contribution < 1.29 is 8.98 Å². The summed E-state index contributed by atoms with van der Waals surface area (Å²) in [5, 5.41) is 17.0. The third-order valence-electron chi connectivity index (χ3n) is 8.27. The lowest BCUT2D eigenvalue weighted by atomic mass is 9.90. The van der Waals surface area contributed by atoms with Crippen molar-refractivity contribution in [3.05, 3.63) is 114 Å². The summed E-state index contributed by atoms with van der Waals surface area (Å²) in [6.07, 6.45) is 2.13. The van der Waals surface area contributed by atoms with Gasteiger partial charge >= 0.3 is 0 Å². The maximum atomic E-state index is 10.3. The highest BCUT2D eigenvalue weighted by molar-refractivity contribution is 6.19. The van der Waals surface area contributed by atoms with Gasteiger partial charge < -0.3 is 4.42 Å². The Hall–Kier alpha value is -4.94. The van der Waals surface area contributed by atoms with Crippen LogP contribution >= 0.6 is 0 Å². The second kappa shape index (κ2) is 9.07. The molecule has 40 heavy (non-hydrogen) atoms. The number of nitriles is 1. The molecule has 0 amide bonds. The summed E-state index contributed by atoms with van der Waals surface area (Å²) >= 11 is 0. The van der Waals surface area contributed by atoms with Gasteiger partial charge in [0.2, 0.25) is 5.69 Å². The van der Waals surface area contributed by atoms with Crippen LogP contribution in [0, 0.1) is 18.3 Å². The summed E-state index contributed by atoms with van der Waals surface area (Å²) in [6, 6.07) is 34.3. The molecule has 0 aliphatic heterocycles. The van der Waals surface area contributed by atoms with E-state index < -0.39 is 0 Å². The first-order valence-electron chi connectivity index (χ1n) is 13.8. The maximum absolute atomic E-state index is 10.3. The molecule has 0 saturated carbocycles. The van der Waals surface area contributed by atoms with E-state index >= 15 is 0 Å². The average Bonchev–Trinajstić information content (AvgIpc) is 3.35. The summed E-state index contributed by atoms with van der Waals surface area (Å²) in [4.78, 5) is 0. The normalized spacial score (nSPS) is 11.7. The topological polar surface area (TPSA) is 40.8 Å². The minimum absolute atomic E-state index is 0.418. The van der Waals surface area contributed by atoms with Gasteiger partial charge in [0, 0.05) is 28.5 Å². The molecule has 192 valence electrons. The molecule has 2 heterocycles. The van der Waals surface area contributed by atoms with Gasteiger partial charge in [-0.25, -0.2) is 4.57 Å². The predicted octanol–water partition coefficient (Wildman–Crippen LogP) is 9.35. The van der Waals surface area contributed by atoms with Gasteiger partial charge in [-0.3, -0.25) is 0 Å². The lowest BCUT2D eigenvalue weighted by Crippen LogP contribution is -2.31. The van der Waals surface area contributed by atoms with Gasteiger partial charge in [0.05, 0.1) is 17.2 Å². The molecule has 0 N–H and O–H groups in total. The van der Waals surface area contributed by atoms with Crippen LogP contribution in [0.1, 0.15) is 36.5 Å². The molecule has 0 atom stereocenters. The fraction of sp³-hybridized carbons (Fsp3) is 0.135. The highest BCUT2D eigenvalue weighted by Crippen LogP contribution is 2.44. The Morgan fingerprint density at radius 1 is 0.725 bits per heavy atom. The number of hydrogen-bond acceptors (Lipinski definition) is 2. The SMILES string of the molecule is Cc1ccc2c(oc3c(-c4cc5ccccc5c5ccccc45)c(C#N)ccc32)c1-c1cc(C(C)C)cc[n+]1C. The van der Waals surface area contributed by atoms with E-state index in [9.17, 15) is 5.26 Å². The number of benzene rings is 5. The zero-order chi connectivity index (χ0) is 27.5. The summed E-state index contributed by atoms with van der Waals surface area (Å²) < 4.78 is 9.06. The Balaban J connectivity index is 1.62. The van der Waals surface area contributed by atoms with Crippen molar-refractivity contribution in [1.82, 2.24) is 0 Å². The average molecular weight is 518 g/mol. The van der Waals surface area contributed by atoms with E-state index in [2.05, 4.69) is 124 Å². The van der Waals surface area contributed by atoms with Gasteiger partial charge in [-0.2, -0.15) is 5.26 Å². The van der Waals surface area contributed by atoms with Crippen molar-refractivity contribution in [2.24, 2.45) is 7.05 Å². The maximum Gasteiger partial charge on any atom is 0.216 e. The van der Waals surface area contributed by atoms with Gasteiger partial charge in [0.25, 0.3) is 0 Å². The number of pyridine rings is 1. The Bertz CT molecular complexity index is 2180. The second-order valence-corrected chi connectivity index (χ2v) is 11.0. The molecule has 2 aromatic heterocycles. The molecule has 7 aromatic rings. The molecule has 5 aromatic carbocycles. The summed E-state index contributed by atoms with van der Waals surface area (Å²) in [7, 11) is 2.08. The van der Waals surface area contributed by atoms with E-state index in [1.807, 2.05) is 12.1 Å². The lowest BCUT2D eigenvalue weighted by molar-refractivity contribution is -0.660. The van der Waals surface area contributed by atoms with Crippen molar-refractivity contribution >= 4 is 43.5 Å². The van der Waals surface area contributed by atoms with Crippen LogP contribution in [0.2, 0.25) is 0 Å². The van der Waals surface area contributed by atoms with Crippen molar-refractivity contribution in [1.29, 1.82) is 5.26 Å². The van der Waals surface area contributed by atoms with E-state index in [1.165, 1.54) is 16.3 Å². The minimum atomic E-state index is 0.418. The van der Waals surface area contributed by atoms with Crippen LogP contribution < -0.4 is 4.57 Å². The van der Waals surface area contributed by atoms with Crippen molar-refractivity contribution in [2.45, 2.75) is 26.7 Å². The third-order valence-corrected chi connectivity index (χ3v) is 8.27. The molecule has 7 rings (SSSR count). The Morgan fingerprint density at radius 3 is 2.15 bits per heavy atom. The van der Waals surface area contributed by atoms with Gasteiger partial charge in [-0.15, -0.1) is 0 Å². The number of hydrogen-bond donors (Lipinski definition) is 0. The summed E-state index contributed by atoms with van der Waals surface area (Å²) in [5.74, 6) is 0.418. The Morgan fingerprint density at radius 2 is 1.40 bits per heavy atom. The number of furan rings is 1. The van der Waals surface area contributed by atoms with Crippen molar-refractivity contribution in [2.75, 3.05) is 0 Å². The van der Waals surface area contributed by atoms with E-state index in [1.54, 1.807) is 0 Å². The van der Waals surface area contributed by atoms with Crippen LogP contribution in [0.15, 0.2) is 102 Å². The zero-order valence-corrected chi connectivity index (χ0v) is 23.1. The highest BCUT2D eigenvalue weighted by atomic mass is 16.3. The van der Waals surface area contributed by atoms with Crippen LogP contribution in [0.3, 0.4) is 0 Å². The molecule has 0 aliphatic carbocycles. The predicted molar refractivity (Wildman–Crippen MR) is 164 cm³/mol. The van der Waals surface area contributed by atoms with Crippen LogP contribution in [0.25, 0.3) is 65.9 Å². The number of nitrogens with zero attached hydrogens (tertiary/aromatic N) is 2. The Labute approximate surface area is 233 Å². The lowest BCUT2D eigenvalue weighted by Gasteiger charge is -2.12. The molecular formula is C37H29N2O+. The molecule has 3 nitrogen and oxygen atoms in total. The molecule has 0 unspecified atom stereocenters. The third kappa shape index (κ3) is 3.53. The molecule has 0 radical (unpaired) electrons. The van der Waals surface area contributed by atoms with Gasteiger partial charge in [-0.05, 0) is 69.3 Å².